The zero-order valence-electron chi connectivity index (χ0n) is 22.1. The number of nitrogens with zero attached hydrogens (tertiary/aromatic N) is 1. The summed E-state index contributed by atoms with van der Waals surface area (Å²) in [5.41, 5.74) is 1.19. The van der Waals surface area contributed by atoms with Crippen LogP contribution in [-0.2, 0) is 31.1 Å². The number of hydrogen-bond donors (Lipinski definition) is 4. The van der Waals surface area contributed by atoms with Crippen molar-refractivity contribution >= 4 is 46.7 Å². The number of phenols is 2. The molecule has 0 saturated carbocycles. The van der Waals surface area contributed by atoms with E-state index in [2.05, 4.69) is 10.6 Å². The van der Waals surface area contributed by atoms with E-state index in [1.165, 1.54) is 36.4 Å². The number of phenolic OH excluding ortho intramolecular Hbond substituents is 2. The van der Waals surface area contributed by atoms with Crippen LogP contribution in [0.2, 0.25) is 5.02 Å². The van der Waals surface area contributed by atoms with E-state index >= 15 is 0 Å². The van der Waals surface area contributed by atoms with Gasteiger partial charge in [0.05, 0.1) is 40.4 Å². The maximum Gasteiger partial charge on any atom is 0.338 e. The molecule has 4 N–H and O–H groups in total. The summed E-state index contributed by atoms with van der Waals surface area (Å²) in [6.07, 6.45) is 0.174. The number of carbonyl (C=O) groups is 4. The van der Waals surface area contributed by atoms with Gasteiger partial charge in [-0.2, -0.15) is 0 Å². The Morgan fingerprint density at radius 1 is 1.02 bits per heavy atom. The molecule has 6 rings (SSSR count). The number of halogens is 1. The summed E-state index contributed by atoms with van der Waals surface area (Å²) >= 11 is 6.50. The lowest BCUT2D eigenvalue weighted by Gasteiger charge is -2.30. The average molecular weight is 576 g/mol. The Balaban J connectivity index is 1.46. The van der Waals surface area contributed by atoms with E-state index in [-0.39, 0.29) is 35.8 Å². The highest BCUT2D eigenvalue weighted by Gasteiger charge is 2.70. The Bertz CT molecular complexity index is 1640. The number of benzene rings is 3. The van der Waals surface area contributed by atoms with E-state index < -0.39 is 47.1 Å². The zero-order valence-corrected chi connectivity index (χ0v) is 22.9. The number of anilines is 2. The Morgan fingerprint density at radius 3 is 2.44 bits per heavy atom. The van der Waals surface area contributed by atoms with Gasteiger partial charge in [-0.3, -0.25) is 19.7 Å². The minimum absolute atomic E-state index is 0.174. The van der Waals surface area contributed by atoms with Crippen LogP contribution in [0.15, 0.2) is 54.6 Å². The molecule has 3 aromatic carbocycles. The van der Waals surface area contributed by atoms with Gasteiger partial charge in [0.15, 0.2) is 11.5 Å². The molecule has 210 valence electrons. The summed E-state index contributed by atoms with van der Waals surface area (Å²) in [4.78, 5) is 55.2. The van der Waals surface area contributed by atoms with Gasteiger partial charge in [0, 0.05) is 11.6 Å². The zero-order chi connectivity index (χ0) is 29.2. The average Bonchev–Trinajstić information content (AvgIpc) is 3.51. The summed E-state index contributed by atoms with van der Waals surface area (Å²) in [6.45, 7) is 3.72. The third-order valence-electron chi connectivity index (χ3n) is 8.05. The fourth-order valence-electron chi connectivity index (χ4n) is 6.33. The molecule has 4 atom stereocenters. The molecule has 3 aliphatic heterocycles. The molecule has 3 aliphatic rings. The molecule has 0 radical (unpaired) electrons. The molecule has 10 nitrogen and oxygen atoms in total. The van der Waals surface area contributed by atoms with Gasteiger partial charge in [0.2, 0.25) is 17.7 Å². The standard InChI is InChI=1S/C30H26ClN3O7/c1-3-41-28(39)16-5-7-17(8-6-16)34-26(37)23-20(12-15-4-9-21(35)22(36)13-15)33-30(24(23)27(34)38)18-10-14(2)11-19(31)25(18)32-29(30)40/h4-11,13,20,23-24,33,35-36H,3,12H2,1-2H3,(H,32,40)/t20-,23-,24-,30+/m0/s1. The normalized spacial score (nSPS) is 24.5. The van der Waals surface area contributed by atoms with Crippen molar-refractivity contribution in [3.63, 3.8) is 0 Å². The SMILES string of the molecule is CCOC(=O)c1ccc(N2C(=O)[C@H]3[C@H](Cc4ccc(O)c(O)c4)N[C@@]4(C(=O)Nc5c(Cl)cc(C)cc54)[C@@H]3C2=O)cc1. The van der Waals surface area contributed by atoms with Crippen LogP contribution in [0, 0.1) is 18.8 Å². The molecule has 3 heterocycles. The Morgan fingerprint density at radius 2 is 1.76 bits per heavy atom. The number of esters is 1. The molecule has 11 heteroatoms. The Kier molecular flexibility index (Phi) is 6.28. The van der Waals surface area contributed by atoms with Gasteiger partial charge < -0.3 is 20.3 Å². The van der Waals surface area contributed by atoms with Crippen LogP contribution in [0.5, 0.6) is 11.5 Å². The van der Waals surface area contributed by atoms with Crippen molar-refractivity contribution in [2.24, 2.45) is 11.8 Å². The lowest BCUT2D eigenvalue weighted by molar-refractivity contribution is -0.130. The second kappa shape index (κ2) is 9.60. The summed E-state index contributed by atoms with van der Waals surface area (Å²) in [5, 5.41) is 26.3. The molecule has 0 unspecified atom stereocenters. The maximum absolute atomic E-state index is 14.2. The third-order valence-corrected chi connectivity index (χ3v) is 8.35. The van der Waals surface area contributed by atoms with Crippen molar-refractivity contribution in [1.82, 2.24) is 5.32 Å². The van der Waals surface area contributed by atoms with E-state index in [1.807, 2.05) is 6.92 Å². The smallest absolute Gasteiger partial charge is 0.338 e. The molecule has 3 aromatic rings. The Hall–Kier alpha value is -4.41. The van der Waals surface area contributed by atoms with Crippen LogP contribution in [0.25, 0.3) is 0 Å². The first kappa shape index (κ1) is 26.8. The largest absolute Gasteiger partial charge is 0.504 e. The molecule has 41 heavy (non-hydrogen) atoms. The van der Waals surface area contributed by atoms with E-state index in [1.54, 1.807) is 25.1 Å². The van der Waals surface area contributed by atoms with E-state index in [0.717, 1.165) is 10.5 Å². The summed E-state index contributed by atoms with van der Waals surface area (Å²) in [6, 6.07) is 13.1. The molecular weight excluding hydrogens is 550 g/mol. The fourth-order valence-corrected chi connectivity index (χ4v) is 6.66. The number of hydrogen-bond acceptors (Lipinski definition) is 8. The topological polar surface area (TPSA) is 145 Å². The fraction of sp³-hybridized carbons (Fsp3) is 0.267. The number of imide groups is 1. The predicted molar refractivity (Wildman–Crippen MR) is 149 cm³/mol. The van der Waals surface area contributed by atoms with Gasteiger partial charge in [-0.15, -0.1) is 0 Å². The molecule has 2 saturated heterocycles. The van der Waals surface area contributed by atoms with E-state index in [9.17, 15) is 29.4 Å². The van der Waals surface area contributed by atoms with Gasteiger partial charge in [-0.05, 0) is 73.9 Å². The van der Waals surface area contributed by atoms with Crippen molar-refractivity contribution in [2.45, 2.75) is 31.8 Å². The van der Waals surface area contributed by atoms with Gasteiger partial charge >= 0.3 is 5.97 Å². The second-order valence-corrected chi connectivity index (χ2v) is 10.9. The van der Waals surface area contributed by atoms with Crippen LogP contribution in [0.3, 0.4) is 0 Å². The first-order chi connectivity index (χ1) is 19.6. The summed E-state index contributed by atoms with van der Waals surface area (Å²) in [5.74, 6) is -4.74. The first-order valence-corrected chi connectivity index (χ1v) is 13.5. The molecule has 0 bridgehead atoms. The lowest BCUT2D eigenvalue weighted by atomic mass is 9.76. The van der Waals surface area contributed by atoms with Crippen molar-refractivity contribution in [2.75, 3.05) is 16.8 Å². The summed E-state index contributed by atoms with van der Waals surface area (Å²) < 4.78 is 5.03. The molecule has 3 amide bonds. The lowest BCUT2D eigenvalue weighted by Crippen LogP contribution is -2.53. The van der Waals surface area contributed by atoms with Crippen molar-refractivity contribution < 1.29 is 34.1 Å². The van der Waals surface area contributed by atoms with Gasteiger partial charge in [0.25, 0.3) is 0 Å². The van der Waals surface area contributed by atoms with Crippen molar-refractivity contribution in [3.8, 4) is 11.5 Å². The van der Waals surface area contributed by atoms with Gasteiger partial charge in [-0.1, -0.05) is 23.7 Å². The quantitative estimate of drug-likeness (QED) is 0.206. The van der Waals surface area contributed by atoms with Crippen molar-refractivity contribution in [1.29, 1.82) is 0 Å². The monoisotopic (exact) mass is 575 g/mol. The molecule has 0 aromatic heterocycles. The number of aryl methyl sites for hydroxylation is 1. The number of carbonyl (C=O) groups excluding carboxylic acids is 4. The van der Waals surface area contributed by atoms with Gasteiger partial charge in [-0.25, -0.2) is 9.69 Å². The van der Waals surface area contributed by atoms with Gasteiger partial charge in [0.1, 0.15) is 5.54 Å². The summed E-state index contributed by atoms with van der Waals surface area (Å²) in [7, 11) is 0. The number of nitrogens with one attached hydrogen (secondary N) is 2. The number of rotatable bonds is 5. The molecule has 1 spiro atoms. The number of ether oxygens (including phenoxy) is 1. The third kappa shape index (κ3) is 3.97. The molecule has 0 aliphatic carbocycles. The van der Waals surface area contributed by atoms with Crippen LogP contribution in [0.4, 0.5) is 11.4 Å². The number of amides is 3. The predicted octanol–water partition coefficient (Wildman–Crippen LogP) is 3.40. The molecule has 2 fully saturated rings. The van der Waals surface area contributed by atoms with E-state index in [4.69, 9.17) is 16.3 Å². The van der Waals surface area contributed by atoms with Crippen LogP contribution >= 0.6 is 11.6 Å². The van der Waals surface area contributed by atoms with E-state index in [0.29, 0.717) is 21.8 Å². The maximum atomic E-state index is 14.2. The minimum atomic E-state index is -1.58. The highest BCUT2D eigenvalue weighted by atomic mass is 35.5. The van der Waals surface area contributed by atoms with Crippen molar-refractivity contribution in [3.05, 3.63) is 81.9 Å². The minimum Gasteiger partial charge on any atom is -0.504 e. The van der Waals surface area contributed by atoms with Crippen LogP contribution < -0.4 is 15.5 Å². The Labute approximate surface area is 239 Å². The highest BCUT2D eigenvalue weighted by Crippen LogP contribution is 2.55. The van der Waals surface area contributed by atoms with Crippen LogP contribution in [-0.4, -0.2) is 46.6 Å². The van der Waals surface area contributed by atoms with Crippen LogP contribution in [0.1, 0.15) is 34.0 Å². The number of aromatic hydroxyl groups is 2. The first-order valence-electron chi connectivity index (χ1n) is 13.1. The molecular formula is C30H26ClN3O7. The number of fused-ring (bicyclic) bond motifs is 4. The second-order valence-electron chi connectivity index (χ2n) is 10.5. The highest BCUT2D eigenvalue weighted by molar-refractivity contribution is 6.35.